The second kappa shape index (κ2) is 6.53. The second-order valence-electron chi connectivity index (χ2n) is 4.00. The molecule has 6 nitrogen and oxygen atoms in total. The largest absolute Gasteiger partial charge is 0.495 e. The Hall–Kier alpha value is -1.86. The Morgan fingerprint density at radius 1 is 1.25 bits per heavy atom. The first-order chi connectivity index (χ1) is 9.62. The van der Waals surface area contributed by atoms with Crippen LogP contribution in [-0.4, -0.2) is 24.2 Å². The summed E-state index contributed by atoms with van der Waals surface area (Å²) in [6.07, 6.45) is 0. The Labute approximate surface area is 125 Å². The summed E-state index contributed by atoms with van der Waals surface area (Å²) >= 11 is 3.40. The van der Waals surface area contributed by atoms with Crippen molar-refractivity contribution in [2.24, 2.45) is 0 Å². The molecule has 0 aliphatic rings. The van der Waals surface area contributed by atoms with Crippen molar-refractivity contribution in [1.82, 2.24) is 9.97 Å². The van der Waals surface area contributed by atoms with E-state index in [2.05, 4.69) is 31.2 Å². The van der Waals surface area contributed by atoms with E-state index >= 15 is 0 Å². The Morgan fingerprint density at radius 2 is 2.05 bits per heavy atom. The fraction of sp³-hybridized carbons (Fsp3) is 0.231. The maximum absolute atomic E-state index is 5.74. The Balaban J connectivity index is 2.25. The summed E-state index contributed by atoms with van der Waals surface area (Å²) in [7, 11) is 3.20. The Bertz CT molecular complexity index is 607. The summed E-state index contributed by atoms with van der Waals surface area (Å²) in [6.45, 7) is 0.309. The molecular weight excluding hydrogens is 324 g/mol. The van der Waals surface area contributed by atoms with E-state index in [9.17, 15) is 0 Å². The number of halogens is 1. The summed E-state index contributed by atoms with van der Waals surface area (Å²) in [5.41, 5.74) is 6.58. The molecule has 0 saturated heterocycles. The molecule has 3 N–H and O–H groups in total. The van der Waals surface area contributed by atoms with Gasteiger partial charge in [-0.3, -0.25) is 0 Å². The van der Waals surface area contributed by atoms with Crippen LogP contribution in [0.1, 0.15) is 5.82 Å². The van der Waals surface area contributed by atoms with Gasteiger partial charge in [0.25, 0.3) is 0 Å². The first-order valence-corrected chi connectivity index (χ1v) is 6.64. The van der Waals surface area contributed by atoms with Gasteiger partial charge in [0.1, 0.15) is 24.0 Å². The van der Waals surface area contributed by atoms with Gasteiger partial charge in [-0.2, -0.15) is 0 Å². The van der Waals surface area contributed by atoms with Crippen molar-refractivity contribution in [3.63, 3.8) is 0 Å². The number of nitrogens with two attached hydrogens (primary N) is 1. The molecule has 0 saturated carbocycles. The van der Waals surface area contributed by atoms with Crippen molar-refractivity contribution in [3.05, 3.63) is 34.6 Å². The minimum atomic E-state index is 0.309. The van der Waals surface area contributed by atoms with Crippen LogP contribution in [0, 0.1) is 0 Å². The minimum Gasteiger partial charge on any atom is -0.495 e. The molecule has 1 heterocycles. The van der Waals surface area contributed by atoms with Crippen molar-refractivity contribution in [3.8, 4) is 5.75 Å². The lowest BCUT2D eigenvalue weighted by atomic mass is 10.3. The number of rotatable bonds is 5. The van der Waals surface area contributed by atoms with Crippen LogP contribution in [0.3, 0.4) is 0 Å². The van der Waals surface area contributed by atoms with Crippen LogP contribution in [0.4, 0.5) is 17.3 Å². The molecule has 2 rings (SSSR count). The van der Waals surface area contributed by atoms with Gasteiger partial charge in [-0.05, 0) is 28.1 Å². The van der Waals surface area contributed by atoms with Gasteiger partial charge in [-0.15, -0.1) is 0 Å². The van der Waals surface area contributed by atoms with Gasteiger partial charge < -0.3 is 20.5 Å². The van der Waals surface area contributed by atoms with E-state index in [1.165, 1.54) is 0 Å². The quantitative estimate of drug-likeness (QED) is 0.872. The van der Waals surface area contributed by atoms with Crippen LogP contribution in [-0.2, 0) is 11.3 Å². The fourth-order valence-corrected chi connectivity index (χ4v) is 2.07. The molecule has 0 amide bonds. The van der Waals surface area contributed by atoms with Crippen LogP contribution >= 0.6 is 15.9 Å². The van der Waals surface area contributed by atoms with Gasteiger partial charge in [-0.25, -0.2) is 9.97 Å². The lowest BCUT2D eigenvalue weighted by Crippen LogP contribution is -2.04. The number of aromatic nitrogens is 2. The molecule has 0 aliphatic heterocycles. The van der Waals surface area contributed by atoms with Crippen LogP contribution < -0.4 is 15.8 Å². The summed E-state index contributed by atoms with van der Waals surface area (Å²) in [5.74, 6) is 2.25. The van der Waals surface area contributed by atoms with E-state index < -0.39 is 0 Å². The van der Waals surface area contributed by atoms with E-state index in [1.54, 1.807) is 20.3 Å². The van der Waals surface area contributed by atoms with Crippen molar-refractivity contribution in [2.75, 3.05) is 25.3 Å². The maximum atomic E-state index is 5.74. The summed E-state index contributed by atoms with van der Waals surface area (Å²) < 4.78 is 11.1. The monoisotopic (exact) mass is 338 g/mol. The molecule has 0 aliphatic carbocycles. The van der Waals surface area contributed by atoms with Gasteiger partial charge >= 0.3 is 0 Å². The van der Waals surface area contributed by atoms with E-state index in [4.69, 9.17) is 15.2 Å². The smallest absolute Gasteiger partial charge is 0.158 e. The van der Waals surface area contributed by atoms with Crippen LogP contribution in [0.2, 0.25) is 0 Å². The molecule has 106 valence electrons. The molecule has 0 fully saturated rings. The molecule has 1 aromatic heterocycles. The molecule has 0 bridgehead atoms. The topological polar surface area (TPSA) is 82.3 Å². The molecule has 20 heavy (non-hydrogen) atoms. The van der Waals surface area contributed by atoms with Crippen LogP contribution in [0.15, 0.2) is 28.7 Å². The van der Waals surface area contributed by atoms with Gasteiger partial charge in [0.15, 0.2) is 5.82 Å². The van der Waals surface area contributed by atoms with Crippen molar-refractivity contribution < 1.29 is 9.47 Å². The van der Waals surface area contributed by atoms with Crippen molar-refractivity contribution in [1.29, 1.82) is 0 Å². The number of nitrogens with one attached hydrogen (secondary N) is 1. The zero-order valence-electron chi connectivity index (χ0n) is 11.2. The molecule has 0 atom stereocenters. The highest BCUT2D eigenvalue weighted by molar-refractivity contribution is 9.10. The number of hydrogen-bond donors (Lipinski definition) is 2. The molecule has 0 unspecified atom stereocenters. The van der Waals surface area contributed by atoms with Crippen molar-refractivity contribution >= 4 is 33.3 Å². The molecule has 7 heteroatoms. The third kappa shape index (κ3) is 3.58. The maximum Gasteiger partial charge on any atom is 0.158 e. The number of benzene rings is 1. The molecule has 2 aromatic rings. The highest BCUT2D eigenvalue weighted by Gasteiger charge is 2.05. The van der Waals surface area contributed by atoms with E-state index in [1.807, 2.05) is 18.2 Å². The standard InChI is InChI=1S/C13H15BrN4O2/c1-19-7-13-17-11(15)6-12(18-13)16-8-3-4-9(14)10(5-8)20-2/h3-6H,7H2,1-2H3,(H3,15,16,17,18). The first kappa shape index (κ1) is 14.5. The van der Waals surface area contributed by atoms with E-state index in [0.29, 0.717) is 24.1 Å². The van der Waals surface area contributed by atoms with Gasteiger partial charge in [0.05, 0.1) is 11.6 Å². The Morgan fingerprint density at radius 3 is 2.75 bits per heavy atom. The average Bonchev–Trinajstić information content (AvgIpc) is 2.40. The number of ether oxygens (including phenoxy) is 2. The normalized spacial score (nSPS) is 10.3. The van der Waals surface area contributed by atoms with Crippen LogP contribution in [0.5, 0.6) is 5.75 Å². The summed E-state index contributed by atoms with van der Waals surface area (Å²) in [6, 6.07) is 7.31. The molecular formula is C13H15BrN4O2. The van der Waals surface area contributed by atoms with Crippen molar-refractivity contribution in [2.45, 2.75) is 6.61 Å². The van der Waals surface area contributed by atoms with E-state index in [0.717, 1.165) is 15.9 Å². The number of methoxy groups -OCH3 is 2. The first-order valence-electron chi connectivity index (χ1n) is 5.85. The number of nitrogens with zero attached hydrogens (tertiary/aromatic N) is 2. The average molecular weight is 339 g/mol. The summed E-state index contributed by atoms with van der Waals surface area (Å²) in [5, 5.41) is 3.16. The lowest BCUT2D eigenvalue weighted by molar-refractivity contribution is 0.178. The highest BCUT2D eigenvalue weighted by Crippen LogP contribution is 2.29. The predicted molar refractivity (Wildman–Crippen MR) is 81.1 cm³/mol. The predicted octanol–water partition coefficient (Wildman–Crippen LogP) is 2.72. The number of nitrogen functional groups attached to an aromatic ring is 1. The van der Waals surface area contributed by atoms with E-state index in [-0.39, 0.29) is 0 Å². The third-order valence-corrected chi connectivity index (χ3v) is 3.14. The third-order valence-electron chi connectivity index (χ3n) is 2.49. The molecule has 1 aromatic carbocycles. The Kier molecular flexibility index (Phi) is 4.75. The second-order valence-corrected chi connectivity index (χ2v) is 4.86. The summed E-state index contributed by atoms with van der Waals surface area (Å²) in [4.78, 5) is 8.40. The van der Waals surface area contributed by atoms with Crippen LogP contribution in [0.25, 0.3) is 0 Å². The fourth-order valence-electron chi connectivity index (χ4n) is 1.66. The minimum absolute atomic E-state index is 0.309. The van der Waals surface area contributed by atoms with Gasteiger partial charge in [0.2, 0.25) is 0 Å². The number of anilines is 3. The SMILES string of the molecule is COCc1nc(N)cc(Nc2ccc(Br)c(OC)c2)n1. The zero-order valence-corrected chi connectivity index (χ0v) is 12.8. The van der Waals surface area contributed by atoms with Gasteiger partial charge in [-0.1, -0.05) is 0 Å². The molecule has 0 spiro atoms. The van der Waals surface area contributed by atoms with Gasteiger partial charge in [0, 0.05) is 24.9 Å². The zero-order chi connectivity index (χ0) is 14.5. The molecule has 0 radical (unpaired) electrons. The number of hydrogen-bond acceptors (Lipinski definition) is 6. The lowest BCUT2D eigenvalue weighted by Gasteiger charge is -2.10. The highest BCUT2D eigenvalue weighted by atomic mass is 79.9.